The summed E-state index contributed by atoms with van der Waals surface area (Å²) < 4.78 is 2.07. The molecule has 2 heterocycles. The van der Waals surface area contributed by atoms with E-state index >= 15 is 0 Å². The second-order valence-electron chi connectivity index (χ2n) is 7.51. The molecule has 0 bridgehead atoms. The molecule has 1 fully saturated rings. The van der Waals surface area contributed by atoms with Crippen molar-refractivity contribution in [3.05, 3.63) is 59.5 Å². The van der Waals surface area contributed by atoms with Crippen molar-refractivity contribution in [2.75, 3.05) is 0 Å². The van der Waals surface area contributed by atoms with E-state index in [1.54, 1.807) is 6.20 Å². The first kappa shape index (κ1) is 15.6. The Bertz CT molecular complexity index is 989. The highest BCUT2D eigenvalue weighted by Gasteiger charge is 2.39. The predicted octanol–water partition coefficient (Wildman–Crippen LogP) is 3.13. The van der Waals surface area contributed by atoms with Crippen LogP contribution in [0.1, 0.15) is 40.9 Å². The molecule has 0 saturated heterocycles. The molecule has 1 saturated carbocycles. The largest absolute Gasteiger partial charge is 0.351 e. The average molecular weight is 346 g/mol. The minimum atomic E-state index is 0.180. The van der Waals surface area contributed by atoms with E-state index in [0.717, 1.165) is 54.3 Å². The van der Waals surface area contributed by atoms with Gasteiger partial charge in [0.25, 0.3) is 5.91 Å². The van der Waals surface area contributed by atoms with E-state index < -0.39 is 0 Å². The molecular formula is C21H22N4O. The molecule has 0 radical (unpaired) electrons. The lowest BCUT2D eigenvalue weighted by atomic mass is 9.90. The van der Waals surface area contributed by atoms with Gasteiger partial charge < -0.3 is 9.47 Å². The Hall–Kier alpha value is -2.69. The van der Waals surface area contributed by atoms with Crippen LogP contribution < -0.4 is 0 Å². The zero-order valence-corrected chi connectivity index (χ0v) is 14.9. The van der Waals surface area contributed by atoms with Crippen LogP contribution in [0, 0.1) is 0 Å². The standard InChI is InChI=1S/C21H22N4O/c1-24-12-10-17-18(3-2-4-20(17)24)21(26)25(15-5-6-15)16-7-8-19-14(13-16)9-11-22-23-19/h2-4,9-12,15-16H,5-8,13H2,1H3. The lowest BCUT2D eigenvalue weighted by Crippen LogP contribution is -2.45. The van der Waals surface area contributed by atoms with E-state index in [2.05, 4.69) is 37.9 Å². The van der Waals surface area contributed by atoms with Gasteiger partial charge in [0.2, 0.25) is 0 Å². The molecule has 2 aliphatic carbocycles. The molecule has 3 aromatic rings. The Labute approximate surface area is 152 Å². The molecule has 5 heteroatoms. The van der Waals surface area contributed by atoms with Gasteiger partial charge in [-0.3, -0.25) is 4.79 Å². The minimum absolute atomic E-state index is 0.180. The van der Waals surface area contributed by atoms with Crippen molar-refractivity contribution >= 4 is 16.8 Å². The topological polar surface area (TPSA) is 51.0 Å². The molecule has 1 amide bonds. The second-order valence-corrected chi connectivity index (χ2v) is 7.51. The molecule has 2 aromatic heterocycles. The zero-order chi connectivity index (χ0) is 17.7. The Kier molecular flexibility index (Phi) is 3.55. The van der Waals surface area contributed by atoms with Gasteiger partial charge in [-0.25, -0.2) is 0 Å². The third kappa shape index (κ3) is 2.50. The average Bonchev–Trinajstić information content (AvgIpc) is 3.44. The fraction of sp³-hybridized carbons (Fsp3) is 0.381. The van der Waals surface area contributed by atoms with Crippen molar-refractivity contribution in [3.63, 3.8) is 0 Å². The maximum atomic E-state index is 13.5. The van der Waals surface area contributed by atoms with Gasteiger partial charge in [0, 0.05) is 48.0 Å². The molecular weight excluding hydrogens is 324 g/mol. The molecule has 1 unspecified atom stereocenters. The summed E-state index contributed by atoms with van der Waals surface area (Å²) in [6.45, 7) is 0. The van der Waals surface area contributed by atoms with E-state index in [1.165, 1.54) is 5.56 Å². The van der Waals surface area contributed by atoms with E-state index in [0.29, 0.717) is 6.04 Å². The van der Waals surface area contributed by atoms with Crippen LogP contribution in [0.4, 0.5) is 0 Å². The van der Waals surface area contributed by atoms with Crippen LogP contribution in [0.2, 0.25) is 0 Å². The molecule has 26 heavy (non-hydrogen) atoms. The smallest absolute Gasteiger partial charge is 0.255 e. The van der Waals surface area contributed by atoms with Crippen molar-refractivity contribution < 1.29 is 4.79 Å². The highest BCUT2D eigenvalue weighted by atomic mass is 16.2. The highest BCUT2D eigenvalue weighted by Crippen LogP contribution is 2.35. The number of benzene rings is 1. The maximum absolute atomic E-state index is 13.5. The monoisotopic (exact) mass is 346 g/mol. The first-order valence-corrected chi connectivity index (χ1v) is 9.38. The van der Waals surface area contributed by atoms with Crippen LogP contribution in [-0.2, 0) is 19.9 Å². The number of aromatic nitrogens is 3. The number of hydrogen-bond acceptors (Lipinski definition) is 3. The molecule has 2 aliphatic rings. The molecule has 0 spiro atoms. The number of amides is 1. The second kappa shape index (κ2) is 5.94. The number of hydrogen-bond donors (Lipinski definition) is 0. The maximum Gasteiger partial charge on any atom is 0.255 e. The van der Waals surface area contributed by atoms with Crippen LogP contribution in [0.5, 0.6) is 0 Å². The van der Waals surface area contributed by atoms with E-state index in [-0.39, 0.29) is 11.9 Å². The number of carbonyl (C=O) groups excluding carboxylic acids is 1. The quantitative estimate of drug-likeness (QED) is 0.732. The first-order chi connectivity index (χ1) is 12.7. The number of fused-ring (bicyclic) bond motifs is 2. The van der Waals surface area contributed by atoms with Gasteiger partial charge in [-0.05, 0) is 61.9 Å². The molecule has 0 N–H and O–H groups in total. The van der Waals surface area contributed by atoms with Crippen LogP contribution >= 0.6 is 0 Å². The van der Waals surface area contributed by atoms with Gasteiger partial charge in [-0.2, -0.15) is 10.2 Å². The van der Waals surface area contributed by atoms with Crippen molar-refractivity contribution in [1.29, 1.82) is 0 Å². The van der Waals surface area contributed by atoms with Gasteiger partial charge in [0.15, 0.2) is 0 Å². The summed E-state index contributed by atoms with van der Waals surface area (Å²) in [6, 6.07) is 10.8. The fourth-order valence-electron chi connectivity index (χ4n) is 4.29. The SMILES string of the molecule is Cn1ccc2c(C(=O)N(C3CC3)C3CCc4nnccc4C3)cccc21. The molecule has 1 atom stereocenters. The van der Waals surface area contributed by atoms with Crippen molar-refractivity contribution in [1.82, 2.24) is 19.7 Å². The lowest BCUT2D eigenvalue weighted by molar-refractivity contribution is 0.0644. The van der Waals surface area contributed by atoms with E-state index in [4.69, 9.17) is 0 Å². The minimum Gasteiger partial charge on any atom is -0.351 e. The Balaban J connectivity index is 1.51. The fourth-order valence-corrected chi connectivity index (χ4v) is 4.29. The molecule has 1 aromatic carbocycles. The van der Waals surface area contributed by atoms with Crippen LogP contribution in [0.25, 0.3) is 10.9 Å². The summed E-state index contributed by atoms with van der Waals surface area (Å²) in [7, 11) is 2.02. The summed E-state index contributed by atoms with van der Waals surface area (Å²) in [4.78, 5) is 15.7. The van der Waals surface area contributed by atoms with Gasteiger partial charge in [0.05, 0.1) is 5.69 Å². The summed E-state index contributed by atoms with van der Waals surface area (Å²) >= 11 is 0. The van der Waals surface area contributed by atoms with Crippen molar-refractivity contribution in [3.8, 4) is 0 Å². The summed E-state index contributed by atoms with van der Waals surface area (Å²) in [5, 5.41) is 9.31. The molecule has 0 aliphatic heterocycles. The third-order valence-corrected chi connectivity index (χ3v) is 5.79. The first-order valence-electron chi connectivity index (χ1n) is 9.38. The van der Waals surface area contributed by atoms with Gasteiger partial charge in [0.1, 0.15) is 0 Å². The predicted molar refractivity (Wildman–Crippen MR) is 100.0 cm³/mol. The Morgan fingerprint density at radius 1 is 1.15 bits per heavy atom. The number of rotatable bonds is 3. The van der Waals surface area contributed by atoms with E-state index in [1.807, 2.05) is 25.4 Å². The third-order valence-electron chi connectivity index (χ3n) is 5.79. The number of carbonyl (C=O) groups is 1. The molecule has 132 valence electrons. The van der Waals surface area contributed by atoms with Crippen LogP contribution in [0.15, 0.2) is 42.7 Å². The van der Waals surface area contributed by atoms with Gasteiger partial charge in [-0.15, -0.1) is 0 Å². The van der Waals surface area contributed by atoms with Crippen LogP contribution in [0.3, 0.4) is 0 Å². The summed E-state index contributed by atoms with van der Waals surface area (Å²) in [5.74, 6) is 0.180. The van der Waals surface area contributed by atoms with Crippen molar-refractivity contribution in [2.24, 2.45) is 7.05 Å². The summed E-state index contributed by atoms with van der Waals surface area (Å²) in [6.07, 6.45) is 8.78. The van der Waals surface area contributed by atoms with Crippen molar-refractivity contribution in [2.45, 2.75) is 44.2 Å². The number of aryl methyl sites for hydroxylation is 2. The molecule has 5 nitrogen and oxygen atoms in total. The van der Waals surface area contributed by atoms with Gasteiger partial charge >= 0.3 is 0 Å². The van der Waals surface area contributed by atoms with Gasteiger partial charge in [-0.1, -0.05) is 6.07 Å². The lowest BCUT2D eigenvalue weighted by Gasteiger charge is -2.35. The van der Waals surface area contributed by atoms with Crippen LogP contribution in [-0.4, -0.2) is 37.7 Å². The Morgan fingerprint density at radius 3 is 2.88 bits per heavy atom. The normalized spacial score (nSPS) is 19.3. The van der Waals surface area contributed by atoms with E-state index in [9.17, 15) is 4.79 Å². The number of nitrogens with zero attached hydrogens (tertiary/aromatic N) is 4. The Morgan fingerprint density at radius 2 is 2.04 bits per heavy atom. The summed E-state index contributed by atoms with van der Waals surface area (Å²) in [5.41, 5.74) is 4.27. The zero-order valence-electron chi connectivity index (χ0n) is 14.9. The molecule has 5 rings (SSSR count). The highest BCUT2D eigenvalue weighted by molar-refractivity contribution is 6.06.